The zero-order valence-corrected chi connectivity index (χ0v) is 21.1. The Bertz CT molecular complexity index is 1270. The topological polar surface area (TPSA) is 144 Å². The first kappa shape index (κ1) is 27.0. The number of rotatable bonds is 8. The van der Waals surface area contributed by atoms with Crippen molar-refractivity contribution >= 4 is 7.82 Å². The highest BCUT2D eigenvalue weighted by Gasteiger charge is 2.25. The summed E-state index contributed by atoms with van der Waals surface area (Å²) in [5, 5.41) is 20.0. The first-order valence-electron chi connectivity index (χ1n) is 11.7. The van der Waals surface area contributed by atoms with Crippen LogP contribution in [0.1, 0.15) is 36.9 Å². The summed E-state index contributed by atoms with van der Waals surface area (Å²) in [5.41, 5.74) is 2.64. The molecule has 0 bridgehead atoms. The van der Waals surface area contributed by atoms with Crippen LogP contribution in [0.5, 0.6) is 5.75 Å². The molecule has 10 nitrogen and oxygen atoms in total. The molecule has 0 unspecified atom stereocenters. The molecule has 0 aliphatic carbocycles. The minimum absolute atomic E-state index is 0.277. The second kappa shape index (κ2) is 12.0. The molecule has 1 saturated heterocycles. The maximum atomic E-state index is 11.2. The average molecular weight is 528 g/mol. The lowest BCUT2D eigenvalue weighted by atomic mass is 10.0. The van der Waals surface area contributed by atoms with Crippen LogP contribution in [0.3, 0.4) is 0 Å². The molecule has 1 aromatic heterocycles. The number of phosphoric acid groups is 1. The molecule has 0 radical (unpaired) electrons. The zero-order chi connectivity index (χ0) is 26.4. The normalized spacial score (nSPS) is 19.5. The van der Waals surface area contributed by atoms with Crippen molar-refractivity contribution in [1.82, 2.24) is 9.55 Å². The lowest BCUT2D eigenvalue weighted by Crippen LogP contribution is -2.40. The fourth-order valence-corrected chi connectivity index (χ4v) is 4.26. The number of hydrogen-bond acceptors (Lipinski definition) is 7. The van der Waals surface area contributed by atoms with E-state index in [9.17, 15) is 14.8 Å². The second-order valence-corrected chi connectivity index (χ2v) is 9.87. The number of phosphoric ester groups is 1. The van der Waals surface area contributed by atoms with Crippen LogP contribution in [-0.4, -0.2) is 61.6 Å². The van der Waals surface area contributed by atoms with Gasteiger partial charge in [0.25, 0.3) is 0 Å². The third-order valence-electron chi connectivity index (χ3n) is 5.82. The monoisotopic (exact) mass is 528 g/mol. The second-order valence-electron chi connectivity index (χ2n) is 8.63. The quantitative estimate of drug-likeness (QED) is 0.256. The molecule has 4 atom stereocenters. The Kier molecular flexibility index (Phi) is 8.79. The number of aromatic nitrogens is 2. The first-order chi connectivity index (χ1) is 17.7. The van der Waals surface area contributed by atoms with Crippen molar-refractivity contribution in [2.24, 2.45) is 0 Å². The summed E-state index contributed by atoms with van der Waals surface area (Å²) in [6, 6.07) is 14.3. The van der Waals surface area contributed by atoms with Crippen molar-refractivity contribution < 1.29 is 38.6 Å². The summed E-state index contributed by atoms with van der Waals surface area (Å²) in [6.45, 7) is 2.00. The highest BCUT2D eigenvalue weighted by molar-refractivity contribution is 7.46. The summed E-state index contributed by atoms with van der Waals surface area (Å²) >= 11 is 0. The van der Waals surface area contributed by atoms with Crippen LogP contribution >= 0.6 is 7.82 Å². The van der Waals surface area contributed by atoms with Gasteiger partial charge in [-0.2, -0.15) is 0 Å². The van der Waals surface area contributed by atoms with Crippen molar-refractivity contribution in [1.29, 1.82) is 0 Å². The fraction of sp³-hybridized carbons (Fsp3) is 0.346. The van der Waals surface area contributed by atoms with Crippen LogP contribution in [0.15, 0.2) is 60.9 Å². The third kappa shape index (κ3) is 7.51. The lowest BCUT2D eigenvalue weighted by Gasteiger charge is -2.28. The molecule has 37 heavy (non-hydrogen) atoms. The van der Waals surface area contributed by atoms with Crippen LogP contribution in [0.25, 0.3) is 11.1 Å². The van der Waals surface area contributed by atoms with E-state index in [0.717, 1.165) is 11.1 Å². The van der Waals surface area contributed by atoms with Gasteiger partial charge in [-0.1, -0.05) is 36.1 Å². The van der Waals surface area contributed by atoms with Crippen LogP contribution in [0.2, 0.25) is 0 Å². The zero-order valence-electron chi connectivity index (χ0n) is 20.2. The molecule has 196 valence electrons. The Labute approximate surface area is 214 Å². The number of hydrogen-bond donors (Lipinski definition) is 4. The minimum atomic E-state index is -4.70. The van der Waals surface area contributed by atoms with E-state index in [1.165, 1.54) is 10.8 Å². The van der Waals surface area contributed by atoms with Crippen LogP contribution in [-0.2, 0) is 13.8 Å². The van der Waals surface area contributed by atoms with Gasteiger partial charge in [0.15, 0.2) is 0 Å². The van der Waals surface area contributed by atoms with E-state index in [0.29, 0.717) is 30.2 Å². The third-order valence-corrected chi connectivity index (χ3v) is 6.30. The van der Waals surface area contributed by atoms with E-state index in [2.05, 4.69) is 21.3 Å². The maximum Gasteiger partial charge on any atom is 0.469 e. The van der Waals surface area contributed by atoms with Gasteiger partial charge in [-0.3, -0.25) is 4.52 Å². The highest BCUT2D eigenvalue weighted by Crippen LogP contribution is 2.37. The van der Waals surface area contributed by atoms with Gasteiger partial charge in [0, 0.05) is 24.4 Å². The Balaban J connectivity index is 1.46. The standard InChI is InChI=1S/C26H29N2O8P/c1-18(29)26-27-13-14-28(26)22(16-35-37(31,32)33)9-4-19-2-5-20(6-3-19)21-7-10-23(11-8-21)36-25-12-15-34-17-24(25)30/h2-3,5-8,10-11,13-14,18,22,24-25,29-30H,12,15-17H2,1H3,(H2,31,32,33)/t18-,22-,24-,25-/m0/s1. The molecule has 11 heteroatoms. The van der Waals surface area contributed by atoms with E-state index in [1.54, 1.807) is 13.1 Å². The van der Waals surface area contributed by atoms with Crippen molar-refractivity contribution in [2.45, 2.75) is 37.7 Å². The molecule has 0 saturated carbocycles. The molecule has 1 aliphatic rings. The van der Waals surface area contributed by atoms with Crippen LogP contribution in [0, 0.1) is 11.8 Å². The van der Waals surface area contributed by atoms with Gasteiger partial charge in [-0.25, -0.2) is 9.55 Å². The predicted octanol–water partition coefficient (Wildman–Crippen LogP) is 2.83. The molecular formula is C26H29N2O8P. The van der Waals surface area contributed by atoms with E-state index in [1.807, 2.05) is 48.5 Å². The Morgan fingerprint density at radius 1 is 1.16 bits per heavy atom. The number of aliphatic hydroxyl groups excluding tert-OH is 2. The van der Waals surface area contributed by atoms with Crippen molar-refractivity contribution in [3.8, 4) is 28.7 Å². The molecule has 2 aromatic carbocycles. The van der Waals surface area contributed by atoms with Crippen molar-refractivity contribution in [2.75, 3.05) is 19.8 Å². The number of aliphatic hydroxyl groups is 2. The Morgan fingerprint density at radius 2 is 1.84 bits per heavy atom. The summed E-state index contributed by atoms with van der Waals surface area (Å²) in [7, 11) is -4.70. The molecule has 2 heterocycles. The largest absolute Gasteiger partial charge is 0.488 e. The van der Waals surface area contributed by atoms with Gasteiger partial charge >= 0.3 is 7.82 Å². The van der Waals surface area contributed by atoms with Crippen molar-refractivity contribution in [3.05, 3.63) is 72.3 Å². The highest BCUT2D eigenvalue weighted by atomic mass is 31.2. The number of ether oxygens (including phenoxy) is 2. The molecule has 4 N–H and O–H groups in total. The summed E-state index contributed by atoms with van der Waals surface area (Å²) in [5.74, 6) is 6.95. The predicted molar refractivity (Wildman–Crippen MR) is 135 cm³/mol. The van der Waals surface area contributed by atoms with E-state index < -0.39 is 26.1 Å². The molecule has 3 aromatic rings. The van der Waals surface area contributed by atoms with Gasteiger partial charge < -0.3 is 34.0 Å². The van der Waals surface area contributed by atoms with Crippen molar-refractivity contribution in [3.63, 3.8) is 0 Å². The summed E-state index contributed by atoms with van der Waals surface area (Å²) in [4.78, 5) is 22.3. The minimum Gasteiger partial charge on any atom is -0.488 e. The SMILES string of the molecule is C[C@H](O)c1nccn1[C@@H](C#Cc1ccc(-c2ccc(O[C@H]3CCOC[C@@H]3O)cc2)cc1)COP(=O)(O)O. The Morgan fingerprint density at radius 3 is 2.46 bits per heavy atom. The van der Waals surface area contributed by atoms with Gasteiger partial charge in [-0.05, 0) is 42.3 Å². The average Bonchev–Trinajstić information content (AvgIpc) is 3.36. The summed E-state index contributed by atoms with van der Waals surface area (Å²) in [6.07, 6.45) is 1.87. The van der Waals surface area contributed by atoms with Gasteiger partial charge in [0.2, 0.25) is 0 Å². The molecule has 0 amide bonds. The molecule has 1 fully saturated rings. The molecule has 4 rings (SSSR count). The number of nitrogens with zero attached hydrogens (tertiary/aromatic N) is 2. The smallest absolute Gasteiger partial charge is 0.469 e. The van der Waals surface area contributed by atoms with Crippen LogP contribution in [0.4, 0.5) is 0 Å². The number of benzene rings is 2. The lowest BCUT2D eigenvalue weighted by molar-refractivity contribution is -0.0750. The van der Waals surface area contributed by atoms with Gasteiger partial charge in [-0.15, -0.1) is 0 Å². The van der Waals surface area contributed by atoms with E-state index in [4.69, 9.17) is 19.3 Å². The van der Waals surface area contributed by atoms with E-state index >= 15 is 0 Å². The number of imidazole rings is 1. The van der Waals surface area contributed by atoms with E-state index in [-0.39, 0.29) is 19.3 Å². The van der Waals surface area contributed by atoms with Crippen LogP contribution < -0.4 is 4.74 Å². The fourth-order valence-electron chi connectivity index (χ4n) is 3.93. The summed E-state index contributed by atoms with van der Waals surface area (Å²) < 4.78 is 28.6. The maximum absolute atomic E-state index is 11.2. The molecule has 1 aliphatic heterocycles. The Hall–Kier alpha value is -3.00. The first-order valence-corrected chi connectivity index (χ1v) is 13.3. The van der Waals surface area contributed by atoms with Gasteiger partial charge in [0.1, 0.15) is 35.9 Å². The molecule has 0 spiro atoms. The molecular weight excluding hydrogens is 499 g/mol. The van der Waals surface area contributed by atoms with Gasteiger partial charge in [0.05, 0.1) is 19.8 Å².